The second-order valence-corrected chi connectivity index (χ2v) is 7.39. The number of hydrogen-bond donors (Lipinski definition) is 2. The second-order valence-electron chi connectivity index (χ2n) is 7.39. The van der Waals surface area contributed by atoms with Crippen molar-refractivity contribution in [3.63, 3.8) is 0 Å². The van der Waals surface area contributed by atoms with Crippen molar-refractivity contribution in [1.29, 1.82) is 0 Å². The summed E-state index contributed by atoms with van der Waals surface area (Å²) in [6.07, 6.45) is 3.47. The number of aliphatic hydroxyl groups excluding tert-OH is 1. The SMILES string of the molecule is O=C(O)c1cccc([C@H]2CCCN(C(=O)c3ccc4c(c3)ncn4CCO)C2)c1. The van der Waals surface area contributed by atoms with E-state index in [1.807, 2.05) is 21.6 Å². The monoisotopic (exact) mass is 393 g/mol. The molecule has 2 aromatic carbocycles. The molecule has 0 saturated carbocycles. The zero-order valence-electron chi connectivity index (χ0n) is 16.0. The molecular formula is C22H23N3O4. The molecule has 1 aliphatic rings. The van der Waals surface area contributed by atoms with E-state index in [1.165, 1.54) is 0 Å². The summed E-state index contributed by atoms with van der Waals surface area (Å²) in [6.45, 7) is 1.75. The number of aromatic carboxylic acids is 1. The third-order valence-electron chi connectivity index (χ3n) is 5.52. The van der Waals surface area contributed by atoms with Crippen LogP contribution in [0.4, 0.5) is 0 Å². The van der Waals surface area contributed by atoms with Crippen molar-refractivity contribution in [1.82, 2.24) is 14.5 Å². The standard InChI is InChI=1S/C22H23N3O4/c26-10-9-25-14-23-19-12-16(6-7-20(19)25)21(27)24-8-2-5-18(13-24)15-3-1-4-17(11-15)22(28)29/h1,3-4,6-7,11-12,14,18,26H,2,5,8-10,13H2,(H,28,29)/t18-/m0/s1. The Morgan fingerprint density at radius 3 is 2.79 bits per heavy atom. The fourth-order valence-corrected chi connectivity index (χ4v) is 4.02. The molecule has 1 saturated heterocycles. The lowest BCUT2D eigenvalue weighted by Crippen LogP contribution is -2.39. The number of nitrogens with zero attached hydrogens (tertiary/aromatic N) is 3. The lowest BCUT2D eigenvalue weighted by Gasteiger charge is -2.33. The molecule has 0 unspecified atom stereocenters. The smallest absolute Gasteiger partial charge is 0.335 e. The first kappa shape index (κ1) is 19.1. The quantitative estimate of drug-likeness (QED) is 0.695. The summed E-state index contributed by atoms with van der Waals surface area (Å²) < 4.78 is 1.86. The molecule has 1 amide bonds. The summed E-state index contributed by atoms with van der Waals surface area (Å²) in [6, 6.07) is 12.4. The molecule has 150 valence electrons. The number of rotatable bonds is 5. The predicted molar refractivity (Wildman–Crippen MR) is 108 cm³/mol. The third-order valence-corrected chi connectivity index (χ3v) is 5.52. The molecule has 1 aliphatic heterocycles. The Hall–Kier alpha value is -3.19. The second kappa shape index (κ2) is 8.05. The van der Waals surface area contributed by atoms with Crippen molar-refractivity contribution >= 4 is 22.9 Å². The van der Waals surface area contributed by atoms with E-state index >= 15 is 0 Å². The zero-order valence-corrected chi connectivity index (χ0v) is 16.0. The molecule has 1 aromatic heterocycles. The van der Waals surface area contributed by atoms with E-state index in [9.17, 15) is 14.7 Å². The topological polar surface area (TPSA) is 95.7 Å². The van der Waals surface area contributed by atoms with Crippen molar-refractivity contribution in [3.05, 3.63) is 65.5 Å². The number of likely N-dealkylation sites (tertiary alicyclic amines) is 1. The van der Waals surface area contributed by atoms with Crippen LogP contribution in [-0.2, 0) is 6.54 Å². The molecule has 0 bridgehead atoms. The fraction of sp³-hybridized carbons (Fsp3) is 0.318. The predicted octanol–water partition coefficient (Wildman–Crippen LogP) is 2.75. The molecule has 7 heteroatoms. The maximum Gasteiger partial charge on any atom is 0.335 e. The Bertz CT molecular complexity index is 1060. The van der Waals surface area contributed by atoms with Crippen LogP contribution in [0.1, 0.15) is 45.0 Å². The fourth-order valence-electron chi connectivity index (χ4n) is 4.02. The van der Waals surface area contributed by atoms with Crippen molar-refractivity contribution in [2.24, 2.45) is 0 Å². The highest BCUT2D eigenvalue weighted by molar-refractivity contribution is 5.97. The minimum absolute atomic E-state index is 0.0321. The van der Waals surface area contributed by atoms with Crippen LogP contribution in [0.3, 0.4) is 0 Å². The van der Waals surface area contributed by atoms with E-state index in [1.54, 1.807) is 36.7 Å². The molecule has 29 heavy (non-hydrogen) atoms. The van der Waals surface area contributed by atoms with E-state index < -0.39 is 5.97 Å². The molecule has 1 fully saturated rings. The average molecular weight is 393 g/mol. The van der Waals surface area contributed by atoms with Gasteiger partial charge in [-0.05, 0) is 48.7 Å². The van der Waals surface area contributed by atoms with Crippen LogP contribution in [0.15, 0.2) is 48.8 Å². The minimum atomic E-state index is -0.940. The summed E-state index contributed by atoms with van der Waals surface area (Å²) >= 11 is 0. The first-order valence-corrected chi connectivity index (χ1v) is 9.75. The number of hydrogen-bond acceptors (Lipinski definition) is 4. The summed E-state index contributed by atoms with van der Waals surface area (Å²) in [5, 5.41) is 18.4. The summed E-state index contributed by atoms with van der Waals surface area (Å²) in [4.78, 5) is 30.5. The summed E-state index contributed by atoms with van der Waals surface area (Å²) in [5.74, 6) is -0.855. The number of aromatic nitrogens is 2. The van der Waals surface area contributed by atoms with Crippen molar-refractivity contribution < 1.29 is 19.8 Å². The van der Waals surface area contributed by atoms with Gasteiger partial charge >= 0.3 is 5.97 Å². The van der Waals surface area contributed by atoms with Gasteiger partial charge in [-0.3, -0.25) is 4.79 Å². The first-order chi connectivity index (χ1) is 14.1. The third kappa shape index (κ3) is 3.86. The van der Waals surface area contributed by atoms with Gasteiger partial charge < -0.3 is 19.7 Å². The Morgan fingerprint density at radius 2 is 2.00 bits per heavy atom. The normalized spacial score (nSPS) is 16.9. The van der Waals surface area contributed by atoms with E-state index in [0.29, 0.717) is 25.2 Å². The van der Waals surface area contributed by atoms with Gasteiger partial charge in [-0.1, -0.05) is 12.1 Å². The van der Waals surface area contributed by atoms with Gasteiger partial charge in [0.05, 0.1) is 29.5 Å². The largest absolute Gasteiger partial charge is 0.478 e. The Labute approximate surface area is 168 Å². The van der Waals surface area contributed by atoms with Gasteiger partial charge in [0.1, 0.15) is 0 Å². The maximum atomic E-state index is 13.1. The first-order valence-electron chi connectivity index (χ1n) is 9.75. The van der Waals surface area contributed by atoms with E-state index in [0.717, 1.165) is 29.4 Å². The number of carboxylic acids is 1. The molecule has 7 nitrogen and oxygen atoms in total. The van der Waals surface area contributed by atoms with Crippen LogP contribution in [0.5, 0.6) is 0 Å². The molecule has 0 spiro atoms. The number of aliphatic hydroxyl groups is 1. The summed E-state index contributed by atoms with van der Waals surface area (Å²) in [5.41, 5.74) is 3.44. The molecule has 1 atom stereocenters. The van der Waals surface area contributed by atoms with Gasteiger partial charge in [-0.2, -0.15) is 0 Å². The molecule has 0 aliphatic carbocycles. The Kier molecular flexibility index (Phi) is 5.31. The van der Waals surface area contributed by atoms with E-state index in [4.69, 9.17) is 5.11 Å². The highest BCUT2D eigenvalue weighted by Gasteiger charge is 2.26. The van der Waals surface area contributed by atoms with Crippen LogP contribution >= 0.6 is 0 Å². The number of fused-ring (bicyclic) bond motifs is 1. The Morgan fingerprint density at radius 1 is 1.14 bits per heavy atom. The molecule has 2 heterocycles. The number of benzene rings is 2. The van der Waals surface area contributed by atoms with Crippen LogP contribution in [0.2, 0.25) is 0 Å². The maximum absolute atomic E-state index is 13.1. The molecule has 4 rings (SSSR count). The van der Waals surface area contributed by atoms with Gasteiger partial charge in [0, 0.05) is 31.1 Å². The number of amides is 1. The van der Waals surface area contributed by atoms with Gasteiger partial charge in [0.25, 0.3) is 5.91 Å². The van der Waals surface area contributed by atoms with Gasteiger partial charge in [0.2, 0.25) is 0 Å². The highest BCUT2D eigenvalue weighted by Crippen LogP contribution is 2.29. The van der Waals surface area contributed by atoms with Crippen LogP contribution < -0.4 is 0 Å². The summed E-state index contributed by atoms with van der Waals surface area (Å²) in [7, 11) is 0. The van der Waals surface area contributed by atoms with Gasteiger partial charge in [-0.15, -0.1) is 0 Å². The number of imidazole rings is 1. The number of carbonyl (C=O) groups is 2. The molecule has 2 N–H and O–H groups in total. The van der Waals surface area contributed by atoms with Gasteiger partial charge in [0.15, 0.2) is 0 Å². The lowest BCUT2D eigenvalue weighted by molar-refractivity contribution is 0.0688. The van der Waals surface area contributed by atoms with Crippen LogP contribution in [0, 0.1) is 0 Å². The minimum Gasteiger partial charge on any atom is -0.478 e. The Balaban J connectivity index is 1.53. The number of carbonyl (C=O) groups excluding carboxylic acids is 1. The molecule has 0 radical (unpaired) electrons. The van der Waals surface area contributed by atoms with Crippen LogP contribution in [0.25, 0.3) is 11.0 Å². The molecule has 3 aromatic rings. The van der Waals surface area contributed by atoms with Crippen molar-refractivity contribution in [3.8, 4) is 0 Å². The lowest BCUT2D eigenvalue weighted by atomic mass is 9.89. The number of piperidine rings is 1. The number of carboxylic acid groups (broad SMARTS) is 1. The highest BCUT2D eigenvalue weighted by atomic mass is 16.4. The zero-order chi connectivity index (χ0) is 20.4. The van der Waals surface area contributed by atoms with Crippen LogP contribution in [-0.4, -0.2) is 56.2 Å². The van der Waals surface area contributed by atoms with Crippen molar-refractivity contribution in [2.45, 2.75) is 25.3 Å². The average Bonchev–Trinajstić information content (AvgIpc) is 3.16. The van der Waals surface area contributed by atoms with Crippen molar-refractivity contribution in [2.75, 3.05) is 19.7 Å². The van der Waals surface area contributed by atoms with E-state index in [-0.39, 0.29) is 24.0 Å². The van der Waals surface area contributed by atoms with E-state index in [2.05, 4.69) is 4.98 Å². The van der Waals surface area contributed by atoms with Gasteiger partial charge in [-0.25, -0.2) is 9.78 Å². The molecular weight excluding hydrogens is 370 g/mol.